The van der Waals surface area contributed by atoms with Gasteiger partial charge in [0.2, 0.25) is 0 Å². The van der Waals surface area contributed by atoms with Crippen molar-refractivity contribution in [3.05, 3.63) is 133 Å². The first kappa shape index (κ1) is 11.8. The van der Waals surface area contributed by atoms with Crippen LogP contribution in [0.3, 0.4) is 0 Å². The molecule has 9 rings (SSSR count). The van der Waals surface area contributed by atoms with E-state index in [1.807, 2.05) is 6.07 Å². The van der Waals surface area contributed by atoms with Gasteiger partial charge in [0, 0.05) is 33.4 Å². The van der Waals surface area contributed by atoms with Crippen LogP contribution in [-0.2, 0) is 0 Å². The topological polar surface area (TPSA) is 26.3 Å². The van der Waals surface area contributed by atoms with Crippen molar-refractivity contribution in [3.8, 4) is 22.3 Å². The lowest BCUT2D eigenvalue weighted by atomic mass is 9.84. The lowest BCUT2D eigenvalue weighted by Crippen LogP contribution is -1.91. The molecule has 9 aromatic rings. The number of rotatable bonds is 2. The molecule has 0 fully saturated rings. The normalized spacial score (nSPS) is 17.2. The van der Waals surface area contributed by atoms with Gasteiger partial charge in [0.05, 0.1) is 26.8 Å². The van der Waals surface area contributed by atoms with Crippen LogP contribution in [0.1, 0.15) is 20.6 Å². The maximum Gasteiger partial charge on any atom is 0.143 e. The molecule has 0 N–H and O–H groups in total. The number of hydrogen-bond acceptors (Lipinski definition) is 2. The van der Waals surface area contributed by atoms with E-state index in [1.54, 1.807) is 30.3 Å². The zero-order valence-corrected chi connectivity index (χ0v) is 20.4. The SMILES string of the molecule is [2H]c1c([2H])c([2H])c2c(-c3c4c([2H])c([2H])c([2H])c([2H])c4c(-c4cccc5c4oc4cc6occc6cc45)c4c([2H])c([2H])c([2H])c([2H])c34)c([2H])c([2H])c([2H])c2c1[2H]. The van der Waals surface area contributed by atoms with E-state index in [-0.39, 0.29) is 43.8 Å². The number of para-hydroxylation sites is 1. The van der Waals surface area contributed by atoms with Crippen LogP contribution < -0.4 is 0 Å². The van der Waals surface area contributed by atoms with Crippen molar-refractivity contribution in [3.63, 3.8) is 0 Å². The van der Waals surface area contributed by atoms with Gasteiger partial charge in [-0.15, -0.1) is 0 Å². The molecule has 7 aromatic carbocycles. The summed E-state index contributed by atoms with van der Waals surface area (Å²) in [5.74, 6) is 0. The Hall–Kier alpha value is -5.34. The van der Waals surface area contributed by atoms with Crippen molar-refractivity contribution in [2.75, 3.05) is 0 Å². The van der Waals surface area contributed by atoms with Crippen LogP contribution in [0.2, 0.25) is 0 Å². The molecule has 0 saturated carbocycles. The molecule has 0 saturated heterocycles. The van der Waals surface area contributed by atoms with Crippen LogP contribution in [0, 0.1) is 0 Å². The van der Waals surface area contributed by atoms with Crippen molar-refractivity contribution < 1.29 is 29.4 Å². The third-order valence-corrected chi connectivity index (χ3v) is 7.28. The molecule has 0 aliphatic heterocycles. The molecule has 2 heteroatoms. The van der Waals surface area contributed by atoms with Crippen LogP contribution in [0.25, 0.3) is 87.5 Å². The number of hydrogen-bond donors (Lipinski definition) is 0. The Morgan fingerprint density at radius 2 is 1.12 bits per heavy atom. The van der Waals surface area contributed by atoms with Crippen molar-refractivity contribution in [1.29, 1.82) is 0 Å². The number of furan rings is 2. The molecular formula is C38H22O2. The first-order valence-corrected chi connectivity index (χ1v) is 12.4. The van der Waals surface area contributed by atoms with Gasteiger partial charge in [0.25, 0.3) is 0 Å². The molecule has 0 amide bonds. The zero-order valence-electron chi connectivity index (χ0n) is 35.4. The summed E-state index contributed by atoms with van der Waals surface area (Å²) < 4.78 is 146. The average Bonchev–Trinajstić information content (AvgIpc) is 3.79. The van der Waals surface area contributed by atoms with Crippen LogP contribution in [0.15, 0.2) is 142 Å². The first-order chi connectivity index (χ1) is 26.1. The van der Waals surface area contributed by atoms with Gasteiger partial charge in [0.15, 0.2) is 0 Å². The second-order valence-corrected chi connectivity index (χ2v) is 9.34. The minimum atomic E-state index is -0.766. The van der Waals surface area contributed by atoms with E-state index in [0.29, 0.717) is 21.9 Å². The van der Waals surface area contributed by atoms with Crippen molar-refractivity contribution in [2.45, 2.75) is 0 Å². The Balaban J connectivity index is 1.63. The highest BCUT2D eigenvalue weighted by Crippen LogP contribution is 2.47. The molecule has 186 valence electrons. The van der Waals surface area contributed by atoms with Gasteiger partial charge < -0.3 is 8.83 Å². The fourth-order valence-corrected chi connectivity index (χ4v) is 5.60. The summed E-state index contributed by atoms with van der Waals surface area (Å²) in [6, 6.07) is -0.0144. The Morgan fingerprint density at radius 1 is 0.475 bits per heavy atom. The van der Waals surface area contributed by atoms with E-state index < -0.39 is 107 Å². The molecule has 0 unspecified atom stereocenters. The summed E-state index contributed by atoms with van der Waals surface area (Å²) in [6.45, 7) is 0. The van der Waals surface area contributed by atoms with Crippen molar-refractivity contribution in [1.82, 2.24) is 0 Å². The molecule has 0 radical (unpaired) electrons. The first-order valence-electron chi connectivity index (χ1n) is 19.9. The smallest absolute Gasteiger partial charge is 0.143 e. The molecule has 0 atom stereocenters. The van der Waals surface area contributed by atoms with Gasteiger partial charge in [-0.1, -0.05) is 109 Å². The lowest BCUT2D eigenvalue weighted by Gasteiger charge is -2.18. The predicted octanol–water partition coefficient (Wildman–Crippen LogP) is 11.1. The Kier molecular flexibility index (Phi) is 2.39. The minimum Gasteiger partial charge on any atom is -0.464 e. The van der Waals surface area contributed by atoms with E-state index in [2.05, 4.69) is 0 Å². The van der Waals surface area contributed by atoms with E-state index in [4.69, 9.17) is 22.5 Å². The van der Waals surface area contributed by atoms with E-state index >= 15 is 0 Å². The quantitative estimate of drug-likeness (QED) is 0.210. The van der Waals surface area contributed by atoms with Crippen molar-refractivity contribution in [2.24, 2.45) is 0 Å². The van der Waals surface area contributed by atoms with E-state index in [0.717, 1.165) is 5.39 Å². The van der Waals surface area contributed by atoms with E-state index in [9.17, 15) is 6.85 Å². The van der Waals surface area contributed by atoms with Gasteiger partial charge in [0.1, 0.15) is 16.7 Å². The van der Waals surface area contributed by atoms with Crippen LogP contribution in [-0.4, -0.2) is 0 Å². The summed E-state index contributed by atoms with van der Waals surface area (Å²) in [4.78, 5) is 0. The van der Waals surface area contributed by atoms with Gasteiger partial charge >= 0.3 is 0 Å². The van der Waals surface area contributed by atoms with Gasteiger partial charge in [-0.05, 0) is 55.6 Å². The molecule has 0 spiro atoms. The average molecular weight is 526 g/mol. The monoisotopic (exact) mass is 525 g/mol. The molecule has 2 aromatic heterocycles. The largest absolute Gasteiger partial charge is 0.464 e. The predicted molar refractivity (Wildman–Crippen MR) is 167 cm³/mol. The second kappa shape index (κ2) is 8.08. The maximum absolute atomic E-state index is 9.33. The summed E-state index contributed by atoms with van der Waals surface area (Å²) in [6.07, 6.45) is 1.54. The molecular weight excluding hydrogens is 488 g/mol. The summed E-state index contributed by atoms with van der Waals surface area (Å²) in [5.41, 5.74) is 0.525. The van der Waals surface area contributed by atoms with Crippen LogP contribution in [0.5, 0.6) is 0 Å². The van der Waals surface area contributed by atoms with Crippen LogP contribution >= 0.6 is 0 Å². The van der Waals surface area contributed by atoms with Gasteiger partial charge in [-0.2, -0.15) is 0 Å². The lowest BCUT2D eigenvalue weighted by molar-refractivity contribution is 0.613. The number of benzene rings is 7. The fourth-order valence-electron chi connectivity index (χ4n) is 5.60. The van der Waals surface area contributed by atoms with E-state index in [1.165, 1.54) is 6.26 Å². The Labute approximate surface area is 250 Å². The summed E-state index contributed by atoms with van der Waals surface area (Å²) in [7, 11) is 0. The third-order valence-electron chi connectivity index (χ3n) is 7.28. The molecule has 40 heavy (non-hydrogen) atoms. The minimum absolute atomic E-state index is 0.0398. The van der Waals surface area contributed by atoms with Gasteiger partial charge in [-0.25, -0.2) is 0 Å². The highest BCUT2D eigenvalue weighted by Gasteiger charge is 2.21. The maximum atomic E-state index is 9.33. The highest BCUT2D eigenvalue weighted by molar-refractivity contribution is 6.26. The zero-order chi connectivity index (χ0) is 39.3. The fraction of sp³-hybridized carbons (Fsp3) is 0. The Bertz CT molecular complexity index is 3180. The molecule has 0 aliphatic carbocycles. The highest BCUT2D eigenvalue weighted by atomic mass is 16.3. The molecule has 2 heterocycles. The van der Waals surface area contributed by atoms with Crippen LogP contribution in [0.4, 0.5) is 0 Å². The number of fused-ring (bicyclic) bond motifs is 7. The summed E-state index contributed by atoms with van der Waals surface area (Å²) in [5, 5.41) is 0.0773. The second-order valence-electron chi connectivity index (χ2n) is 9.34. The summed E-state index contributed by atoms with van der Waals surface area (Å²) >= 11 is 0. The third kappa shape index (κ3) is 2.93. The molecule has 0 aliphatic rings. The standard InChI is InChI=1S/C38H22O2/c1-2-11-25-23(9-1)10-7-16-26(25)36-27-12-3-5-14-29(27)37(30-15-6-4-13-28(30)36)32-18-8-17-31-33-21-24-19-20-39-34(24)22-35(33)40-38(31)32/h1-22H/i1D,2D,3D,4D,5D,6D,7D,9D,10D,11D,12D,13D,14D,15D,16D. The molecule has 2 nitrogen and oxygen atoms in total. The van der Waals surface area contributed by atoms with Gasteiger partial charge in [-0.3, -0.25) is 0 Å². The molecule has 0 bridgehead atoms. The Morgan fingerprint density at radius 3 is 1.88 bits per heavy atom. The van der Waals surface area contributed by atoms with Crippen molar-refractivity contribution >= 4 is 65.2 Å².